The molecule has 1 N–H and O–H groups in total. The molecule has 2 aromatic rings. The third-order valence-electron chi connectivity index (χ3n) is 3.97. The van der Waals surface area contributed by atoms with E-state index in [-0.39, 0.29) is 11.5 Å². The van der Waals surface area contributed by atoms with Crippen molar-refractivity contribution in [3.63, 3.8) is 0 Å². The van der Waals surface area contributed by atoms with Gasteiger partial charge in [-0.1, -0.05) is 13.8 Å². The summed E-state index contributed by atoms with van der Waals surface area (Å²) in [5.41, 5.74) is 2.23. The van der Waals surface area contributed by atoms with Crippen molar-refractivity contribution < 1.29 is 9.53 Å². The van der Waals surface area contributed by atoms with E-state index in [4.69, 9.17) is 4.74 Å². The van der Waals surface area contributed by atoms with Crippen LogP contribution in [-0.2, 0) is 17.6 Å². The molecular weight excluding hydrogens is 314 g/mol. The summed E-state index contributed by atoms with van der Waals surface area (Å²) < 4.78 is 4.83. The number of hydrogen-bond donors (Lipinski definition) is 1. The first-order chi connectivity index (χ1) is 11.0. The number of rotatable bonds is 3. The average molecular weight is 333 g/mol. The second-order valence-electron chi connectivity index (χ2n) is 5.93. The lowest BCUT2D eigenvalue weighted by Gasteiger charge is -2.13. The fourth-order valence-electron chi connectivity index (χ4n) is 2.77. The third kappa shape index (κ3) is 2.93. The molecule has 0 fully saturated rings. The van der Waals surface area contributed by atoms with Crippen LogP contribution in [0.1, 0.15) is 59.2 Å². The molecule has 6 nitrogen and oxygen atoms in total. The Morgan fingerprint density at radius 3 is 2.70 bits per heavy atom. The van der Waals surface area contributed by atoms with E-state index < -0.39 is 5.97 Å². The number of aryl methyl sites for hydroxylation is 1. The molecule has 0 aromatic carbocycles. The number of methoxy groups -OCH3 is 1. The molecule has 0 bridgehead atoms. The second-order valence-corrected chi connectivity index (χ2v) is 6.93. The minimum atomic E-state index is -0.405. The van der Waals surface area contributed by atoms with Crippen LogP contribution in [0.3, 0.4) is 0 Å². The number of nitrogens with one attached hydrogen (secondary N) is 1. The molecule has 122 valence electrons. The Kier molecular flexibility index (Phi) is 4.30. The van der Waals surface area contributed by atoms with E-state index in [9.17, 15) is 9.59 Å². The van der Waals surface area contributed by atoms with Crippen LogP contribution >= 0.6 is 11.3 Å². The Morgan fingerprint density at radius 1 is 1.26 bits per heavy atom. The highest BCUT2D eigenvalue weighted by Gasteiger charge is 2.24. The van der Waals surface area contributed by atoms with Gasteiger partial charge in [0.1, 0.15) is 4.88 Å². The summed E-state index contributed by atoms with van der Waals surface area (Å²) in [5.74, 6) is 0.119. The molecule has 0 amide bonds. The maximum absolute atomic E-state index is 12.3. The number of H-pyrrole nitrogens is 1. The maximum Gasteiger partial charge on any atom is 0.350 e. The predicted molar refractivity (Wildman–Crippen MR) is 88.0 cm³/mol. The van der Waals surface area contributed by atoms with Crippen molar-refractivity contribution >= 4 is 17.3 Å². The van der Waals surface area contributed by atoms with E-state index in [0.29, 0.717) is 21.4 Å². The van der Waals surface area contributed by atoms with Crippen LogP contribution in [-0.4, -0.2) is 28.0 Å². The number of thiazole rings is 1. The fraction of sp³-hybridized carbons (Fsp3) is 0.500. The average Bonchev–Trinajstić information content (AvgIpc) is 2.99. The number of ether oxygens (including phenoxy) is 1. The summed E-state index contributed by atoms with van der Waals surface area (Å²) >= 11 is 1.21. The number of hydrogen-bond acceptors (Lipinski definition) is 6. The number of fused-ring (bicyclic) bond motifs is 1. The Morgan fingerprint density at radius 2 is 2.00 bits per heavy atom. The van der Waals surface area contributed by atoms with Crippen LogP contribution in [0.5, 0.6) is 0 Å². The Hall–Kier alpha value is -2.02. The molecule has 0 saturated heterocycles. The molecular formula is C16H19N3O3S. The quantitative estimate of drug-likeness (QED) is 0.873. The van der Waals surface area contributed by atoms with E-state index in [0.717, 1.165) is 36.9 Å². The smallest absolute Gasteiger partial charge is 0.350 e. The monoisotopic (exact) mass is 333 g/mol. The van der Waals surface area contributed by atoms with Crippen LogP contribution in [0.15, 0.2) is 4.79 Å². The minimum Gasteiger partial charge on any atom is -0.465 e. The van der Waals surface area contributed by atoms with Gasteiger partial charge in [-0.3, -0.25) is 4.79 Å². The molecule has 1 aliphatic carbocycles. The van der Waals surface area contributed by atoms with Crippen LogP contribution in [0.25, 0.3) is 10.8 Å². The topological polar surface area (TPSA) is 84.9 Å². The molecule has 7 heteroatoms. The van der Waals surface area contributed by atoms with Crippen LogP contribution in [0.4, 0.5) is 0 Å². The van der Waals surface area contributed by atoms with Gasteiger partial charge in [-0.2, -0.15) is 0 Å². The molecule has 0 spiro atoms. The molecule has 3 rings (SSSR count). The van der Waals surface area contributed by atoms with Gasteiger partial charge in [0.2, 0.25) is 0 Å². The summed E-state index contributed by atoms with van der Waals surface area (Å²) in [7, 11) is 1.35. The minimum absolute atomic E-state index is 0.0819. The zero-order valence-corrected chi connectivity index (χ0v) is 14.2. The lowest BCUT2D eigenvalue weighted by atomic mass is 9.97. The first kappa shape index (κ1) is 15.9. The van der Waals surface area contributed by atoms with Gasteiger partial charge in [0, 0.05) is 5.56 Å². The number of carbonyl (C=O) groups is 1. The van der Waals surface area contributed by atoms with Crippen molar-refractivity contribution in [3.8, 4) is 10.8 Å². The number of esters is 1. The third-order valence-corrected chi connectivity index (χ3v) is 5.02. The summed E-state index contributed by atoms with van der Waals surface area (Å²) in [6.45, 7) is 3.93. The van der Waals surface area contributed by atoms with E-state index in [1.807, 2.05) is 13.8 Å². The van der Waals surface area contributed by atoms with Gasteiger partial charge in [-0.15, -0.1) is 11.3 Å². The maximum atomic E-state index is 12.3. The van der Waals surface area contributed by atoms with Crippen LogP contribution in [0, 0.1) is 0 Å². The van der Waals surface area contributed by atoms with E-state index in [1.165, 1.54) is 18.4 Å². The van der Waals surface area contributed by atoms with E-state index >= 15 is 0 Å². The Labute approximate surface area is 138 Å². The van der Waals surface area contributed by atoms with Gasteiger partial charge in [0.25, 0.3) is 5.56 Å². The Bertz CT molecular complexity index is 807. The van der Waals surface area contributed by atoms with Crippen molar-refractivity contribution in [2.75, 3.05) is 7.11 Å². The first-order valence-electron chi connectivity index (χ1n) is 7.72. The highest BCUT2D eigenvalue weighted by molar-refractivity contribution is 7.17. The standard InChI is InChI=1S/C16H19N3O3S/c1-8(2)11-12(16(21)22-3)23-15(18-11)13-17-10-7-5-4-6-9(10)14(20)19-13/h8H,4-7H2,1-3H3,(H,17,19,20). The first-order valence-corrected chi connectivity index (χ1v) is 8.54. The molecule has 2 aromatic heterocycles. The zero-order valence-electron chi connectivity index (χ0n) is 13.4. The highest BCUT2D eigenvalue weighted by Crippen LogP contribution is 2.31. The number of nitrogens with zero attached hydrogens (tertiary/aromatic N) is 2. The fourth-order valence-corrected chi connectivity index (χ4v) is 3.85. The van der Waals surface area contributed by atoms with Gasteiger partial charge in [0.05, 0.1) is 18.5 Å². The number of aromatic amines is 1. The van der Waals surface area contributed by atoms with E-state index in [2.05, 4.69) is 15.0 Å². The summed E-state index contributed by atoms with van der Waals surface area (Å²) in [6, 6.07) is 0. The molecule has 0 unspecified atom stereocenters. The summed E-state index contributed by atoms with van der Waals surface area (Å²) in [4.78, 5) is 36.6. The molecule has 1 aliphatic rings. The van der Waals surface area contributed by atoms with E-state index in [1.54, 1.807) is 0 Å². The SMILES string of the molecule is COC(=O)c1sc(-c2nc3c(c(=O)[nH]2)CCCC3)nc1C(C)C. The van der Waals surface area contributed by atoms with Crippen molar-refractivity contribution in [1.29, 1.82) is 0 Å². The molecule has 0 saturated carbocycles. The molecule has 0 atom stereocenters. The normalized spacial score (nSPS) is 13.9. The van der Waals surface area contributed by atoms with Gasteiger partial charge >= 0.3 is 5.97 Å². The highest BCUT2D eigenvalue weighted by atomic mass is 32.1. The van der Waals surface area contributed by atoms with Crippen LogP contribution in [0.2, 0.25) is 0 Å². The molecule has 2 heterocycles. The van der Waals surface area contributed by atoms with Crippen molar-refractivity contribution in [3.05, 3.63) is 32.2 Å². The summed E-state index contributed by atoms with van der Waals surface area (Å²) in [6.07, 6.45) is 3.67. The molecule has 0 aliphatic heterocycles. The second kappa shape index (κ2) is 6.23. The van der Waals surface area contributed by atoms with Gasteiger partial charge in [-0.05, 0) is 31.6 Å². The lowest BCUT2D eigenvalue weighted by Crippen LogP contribution is -2.21. The summed E-state index contributed by atoms with van der Waals surface area (Å²) in [5, 5.41) is 0.555. The van der Waals surface area contributed by atoms with Gasteiger partial charge in [0.15, 0.2) is 10.8 Å². The van der Waals surface area contributed by atoms with Crippen molar-refractivity contribution in [2.45, 2.75) is 45.4 Å². The zero-order chi connectivity index (χ0) is 16.6. The number of aromatic nitrogens is 3. The number of carbonyl (C=O) groups excluding carboxylic acids is 1. The van der Waals surface area contributed by atoms with Gasteiger partial charge < -0.3 is 9.72 Å². The molecule has 23 heavy (non-hydrogen) atoms. The van der Waals surface area contributed by atoms with Crippen LogP contribution < -0.4 is 5.56 Å². The largest absolute Gasteiger partial charge is 0.465 e. The molecule has 0 radical (unpaired) electrons. The van der Waals surface area contributed by atoms with Crippen molar-refractivity contribution in [1.82, 2.24) is 15.0 Å². The Balaban J connectivity index is 2.10. The predicted octanol–water partition coefficient (Wildman–Crippen LogP) is 2.68. The van der Waals surface area contributed by atoms with Gasteiger partial charge in [-0.25, -0.2) is 14.8 Å². The lowest BCUT2D eigenvalue weighted by molar-refractivity contribution is 0.0604. The van der Waals surface area contributed by atoms with Crippen molar-refractivity contribution in [2.24, 2.45) is 0 Å².